The van der Waals surface area contributed by atoms with Crippen molar-refractivity contribution >= 4 is 45.6 Å². The van der Waals surface area contributed by atoms with E-state index >= 15 is 0 Å². The molecule has 0 atom stereocenters. The van der Waals surface area contributed by atoms with E-state index in [2.05, 4.69) is 9.97 Å². The van der Waals surface area contributed by atoms with E-state index in [1.54, 1.807) is 18.3 Å². The minimum absolute atomic E-state index is 0.328. The van der Waals surface area contributed by atoms with E-state index in [0.29, 0.717) is 50.4 Å². The van der Waals surface area contributed by atoms with Crippen molar-refractivity contribution in [3.8, 4) is 28.6 Å². The first-order valence-corrected chi connectivity index (χ1v) is 8.83. The number of rotatable bonds is 5. The fourth-order valence-electron chi connectivity index (χ4n) is 2.58. The van der Waals surface area contributed by atoms with Gasteiger partial charge in [0.25, 0.3) is 0 Å². The van der Waals surface area contributed by atoms with Gasteiger partial charge in [-0.1, -0.05) is 34.8 Å². The summed E-state index contributed by atoms with van der Waals surface area (Å²) in [6, 6.07) is 5.14. The van der Waals surface area contributed by atoms with Gasteiger partial charge < -0.3 is 14.2 Å². The summed E-state index contributed by atoms with van der Waals surface area (Å²) >= 11 is 19.0. The Balaban J connectivity index is 2.34. The Morgan fingerprint density at radius 1 is 0.962 bits per heavy atom. The van der Waals surface area contributed by atoms with Gasteiger partial charge in [0.05, 0.1) is 36.6 Å². The van der Waals surface area contributed by atoms with Crippen molar-refractivity contribution in [2.45, 2.75) is 6.92 Å². The summed E-state index contributed by atoms with van der Waals surface area (Å²) in [5.41, 5.74) is 1.000. The van der Waals surface area contributed by atoms with E-state index in [1.165, 1.54) is 14.2 Å². The third-order valence-electron chi connectivity index (χ3n) is 3.76. The lowest BCUT2D eigenvalue weighted by Crippen LogP contribution is -1.99. The normalized spacial score (nSPS) is 10.8. The molecule has 1 aromatic carbocycles. The average molecular weight is 414 g/mol. The Kier molecular flexibility index (Phi) is 5.61. The van der Waals surface area contributed by atoms with Crippen LogP contribution in [0.5, 0.6) is 17.4 Å². The van der Waals surface area contributed by atoms with Gasteiger partial charge in [0, 0.05) is 28.6 Å². The zero-order valence-electron chi connectivity index (χ0n) is 14.3. The number of nitrogens with zero attached hydrogens (tertiary/aromatic N) is 2. The third kappa shape index (κ3) is 3.34. The van der Waals surface area contributed by atoms with E-state index in [0.717, 1.165) is 10.8 Å². The molecular formula is C18H15Cl3N2O3. The SMILES string of the molecule is CCOc1nc(-c2c(Cl)c(OC)cc(OC)c2Cl)cc2cnc(Cl)cc12. The van der Waals surface area contributed by atoms with Gasteiger partial charge in [0.1, 0.15) is 16.7 Å². The molecule has 0 aliphatic heterocycles. The highest BCUT2D eigenvalue weighted by molar-refractivity contribution is 6.41. The van der Waals surface area contributed by atoms with Crippen LogP contribution in [0.2, 0.25) is 15.2 Å². The molecule has 2 aromatic heterocycles. The standard InChI is InChI=1S/C18H15Cl3N2O3/c1-4-26-18-10-6-14(19)22-8-9(10)5-11(23-18)15-16(20)12(24-2)7-13(25-3)17(15)21/h5-8H,4H2,1-3H3. The fraction of sp³-hybridized carbons (Fsp3) is 0.222. The van der Waals surface area contributed by atoms with Gasteiger partial charge in [-0.05, 0) is 19.1 Å². The molecule has 3 aromatic rings. The molecule has 3 rings (SSSR count). The average Bonchev–Trinajstić information content (AvgIpc) is 2.63. The number of methoxy groups -OCH3 is 2. The van der Waals surface area contributed by atoms with Gasteiger partial charge in [-0.2, -0.15) is 0 Å². The zero-order valence-corrected chi connectivity index (χ0v) is 16.5. The van der Waals surface area contributed by atoms with Gasteiger partial charge in [0.15, 0.2) is 0 Å². The molecule has 0 unspecified atom stereocenters. The molecule has 0 N–H and O–H groups in total. The van der Waals surface area contributed by atoms with Crippen LogP contribution in [0.15, 0.2) is 24.4 Å². The van der Waals surface area contributed by atoms with Crippen molar-refractivity contribution in [3.05, 3.63) is 39.6 Å². The first-order chi connectivity index (χ1) is 12.5. The third-order valence-corrected chi connectivity index (χ3v) is 4.71. The van der Waals surface area contributed by atoms with Crippen LogP contribution >= 0.6 is 34.8 Å². The molecule has 2 heterocycles. The number of benzene rings is 1. The van der Waals surface area contributed by atoms with Crippen LogP contribution in [0.25, 0.3) is 22.0 Å². The second kappa shape index (κ2) is 7.74. The van der Waals surface area contributed by atoms with Crippen molar-refractivity contribution in [2.75, 3.05) is 20.8 Å². The lowest BCUT2D eigenvalue weighted by atomic mass is 10.1. The quantitative estimate of drug-likeness (QED) is 0.504. The highest BCUT2D eigenvalue weighted by atomic mass is 35.5. The Hall–Kier alpha value is -1.95. The lowest BCUT2D eigenvalue weighted by Gasteiger charge is -2.16. The summed E-state index contributed by atoms with van der Waals surface area (Å²) in [5.74, 6) is 1.27. The van der Waals surface area contributed by atoms with E-state index in [9.17, 15) is 0 Å². The molecule has 0 bridgehead atoms. The first-order valence-electron chi connectivity index (χ1n) is 7.69. The van der Waals surface area contributed by atoms with Gasteiger partial charge in [-0.15, -0.1) is 0 Å². The van der Waals surface area contributed by atoms with Gasteiger partial charge in [0.2, 0.25) is 5.88 Å². The minimum Gasteiger partial charge on any atom is -0.495 e. The Bertz CT molecular complexity index is 952. The maximum atomic E-state index is 6.50. The van der Waals surface area contributed by atoms with Crippen molar-refractivity contribution in [1.29, 1.82) is 0 Å². The molecule has 0 spiro atoms. The van der Waals surface area contributed by atoms with Crippen LogP contribution in [0.3, 0.4) is 0 Å². The summed E-state index contributed by atoms with van der Waals surface area (Å²) in [5, 5.41) is 2.55. The van der Waals surface area contributed by atoms with Crippen LogP contribution < -0.4 is 14.2 Å². The van der Waals surface area contributed by atoms with Gasteiger partial charge in [-0.25, -0.2) is 9.97 Å². The Morgan fingerprint density at radius 3 is 2.19 bits per heavy atom. The first kappa shape index (κ1) is 18.8. The van der Waals surface area contributed by atoms with Crippen LogP contribution in [0.1, 0.15) is 6.92 Å². The van der Waals surface area contributed by atoms with E-state index in [4.69, 9.17) is 49.0 Å². The van der Waals surface area contributed by atoms with E-state index in [1.807, 2.05) is 13.0 Å². The van der Waals surface area contributed by atoms with Crippen molar-refractivity contribution in [2.24, 2.45) is 0 Å². The Labute approximate surface area is 165 Å². The number of hydrogen-bond acceptors (Lipinski definition) is 5. The van der Waals surface area contributed by atoms with Crippen molar-refractivity contribution < 1.29 is 14.2 Å². The Morgan fingerprint density at radius 2 is 1.62 bits per heavy atom. The topological polar surface area (TPSA) is 53.5 Å². The summed E-state index contributed by atoms with van der Waals surface area (Å²) in [7, 11) is 3.04. The van der Waals surface area contributed by atoms with Crippen LogP contribution in [-0.2, 0) is 0 Å². The number of halogens is 3. The molecule has 0 amide bonds. The van der Waals surface area contributed by atoms with Gasteiger partial charge in [-0.3, -0.25) is 0 Å². The van der Waals surface area contributed by atoms with E-state index < -0.39 is 0 Å². The molecule has 0 saturated heterocycles. The molecule has 136 valence electrons. The van der Waals surface area contributed by atoms with Crippen LogP contribution in [-0.4, -0.2) is 30.8 Å². The summed E-state index contributed by atoms with van der Waals surface area (Å²) < 4.78 is 16.3. The second-order valence-electron chi connectivity index (χ2n) is 5.26. The van der Waals surface area contributed by atoms with E-state index in [-0.39, 0.29) is 0 Å². The summed E-state index contributed by atoms with van der Waals surface area (Å²) in [6.45, 7) is 2.31. The highest BCUT2D eigenvalue weighted by Crippen LogP contribution is 2.46. The largest absolute Gasteiger partial charge is 0.495 e. The maximum absolute atomic E-state index is 6.50. The minimum atomic E-state index is 0.328. The molecule has 0 aliphatic carbocycles. The monoisotopic (exact) mass is 412 g/mol. The summed E-state index contributed by atoms with van der Waals surface area (Å²) in [6.07, 6.45) is 1.64. The molecular weight excluding hydrogens is 399 g/mol. The molecule has 0 radical (unpaired) electrons. The smallest absolute Gasteiger partial charge is 0.222 e. The molecule has 0 aliphatic rings. The lowest BCUT2D eigenvalue weighted by molar-refractivity contribution is 0.331. The number of ether oxygens (including phenoxy) is 3. The maximum Gasteiger partial charge on any atom is 0.222 e. The molecule has 8 heteroatoms. The second-order valence-corrected chi connectivity index (χ2v) is 6.40. The number of fused-ring (bicyclic) bond motifs is 1. The summed E-state index contributed by atoms with van der Waals surface area (Å²) in [4.78, 5) is 8.71. The number of aromatic nitrogens is 2. The van der Waals surface area contributed by atoms with Crippen LogP contribution in [0.4, 0.5) is 0 Å². The highest BCUT2D eigenvalue weighted by Gasteiger charge is 2.21. The van der Waals surface area contributed by atoms with Crippen molar-refractivity contribution in [1.82, 2.24) is 9.97 Å². The fourth-order valence-corrected chi connectivity index (χ4v) is 3.43. The predicted octanol–water partition coefficient (Wildman–Crippen LogP) is 5.67. The zero-order chi connectivity index (χ0) is 18.8. The molecule has 5 nitrogen and oxygen atoms in total. The van der Waals surface area contributed by atoms with Gasteiger partial charge >= 0.3 is 0 Å². The predicted molar refractivity (Wildman–Crippen MR) is 104 cm³/mol. The molecule has 0 fully saturated rings. The molecule has 26 heavy (non-hydrogen) atoms. The number of pyridine rings is 2. The number of hydrogen-bond donors (Lipinski definition) is 0. The van der Waals surface area contributed by atoms with Crippen LogP contribution in [0, 0.1) is 0 Å². The molecule has 0 saturated carbocycles. The van der Waals surface area contributed by atoms with Crippen molar-refractivity contribution in [3.63, 3.8) is 0 Å².